The van der Waals surface area contributed by atoms with Gasteiger partial charge in [0.2, 0.25) is 0 Å². The van der Waals surface area contributed by atoms with Crippen LogP contribution < -0.4 is 4.74 Å². The largest absolute Gasteiger partial charge is 0.504 e. The average Bonchev–Trinajstić information content (AvgIpc) is 2.84. The number of phenols is 1. The quantitative estimate of drug-likeness (QED) is 0.912. The van der Waals surface area contributed by atoms with Crippen molar-refractivity contribution in [2.75, 3.05) is 13.2 Å². The van der Waals surface area contributed by atoms with Crippen LogP contribution >= 0.6 is 0 Å². The first kappa shape index (κ1) is 18.2. The van der Waals surface area contributed by atoms with Crippen molar-refractivity contribution in [1.29, 1.82) is 0 Å². The zero-order valence-corrected chi connectivity index (χ0v) is 15.3. The van der Waals surface area contributed by atoms with E-state index >= 15 is 0 Å². The van der Waals surface area contributed by atoms with Gasteiger partial charge in [-0.1, -0.05) is 6.07 Å². The Labute approximate surface area is 153 Å². The van der Waals surface area contributed by atoms with E-state index < -0.39 is 6.10 Å². The second-order valence-electron chi connectivity index (χ2n) is 6.66. The average molecular weight is 356 g/mol. The summed E-state index contributed by atoms with van der Waals surface area (Å²) in [5, 5.41) is 10.4. The van der Waals surface area contributed by atoms with Crippen LogP contribution in [0, 0.1) is 0 Å². The maximum Gasteiger partial charge on any atom is 0.251 e. The Hall–Kier alpha value is -2.60. The van der Waals surface area contributed by atoms with Gasteiger partial charge in [0.05, 0.1) is 12.6 Å². The molecule has 0 bridgehead atoms. The summed E-state index contributed by atoms with van der Waals surface area (Å²) in [7, 11) is 0. The molecule has 2 heterocycles. The topological polar surface area (TPSA) is 71.9 Å². The van der Waals surface area contributed by atoms with Crippen LogP contribution in [0.25, 0.3) is 11.1 Å². The third-order valence-corrected chi connectivity index (χ3v) is 4.25. The van der Waals surface area contributed by atoms with Crippen LogP contribution in [0.2, 0.25) is 0 Å². The molecule has 0 unspecified atom stereocenters. The third-order valence-electron chi connectivity index (χ3n) is 4.25. The number of aromatic nitrogens is 1. The second-order valence-corrected chi connectivity index (χ2v) is 6.66. The van der Waals surface area contributed by atoms with Crippen LogP contribution in [0.3, 0.4) is 0 Å². The molecule has 2 aromatic rings. The molecule has 138 valence electrons. The van der Waals surface area contributed by atoms with E-state index in [4.69, 9.17) is 9.47 Å². The number of hydrogen-bond acceptors (Lipinski definition) is 5. The van der Waals surface area contributed by atoms with Gasteiger partial charge in [0, 0.05) is 30.1 Å². The summed E-state index contributed by atoms with van der Waals surface area (Å²) in [4.78, 5) is 18.5. The molecule has 1 atom stereocenters. The molecule has 1 N–H and O–H groups in total. The molecule has 0 aliphatic carbocycles. The number of aromatic hydroxyl groups is 1. The van der Waals surface area contributed by atoms with E-state index in [1.807, 2.05) is 32.0 Å². The number of benzene rings is 1. The number of pyridine rings is 1. The van der Waals surface area contributed by atoms with E-state index in [1.165, 1.54) is 0 Å². The Balaban J connectivity index is 1.89. The van der Waals surface area contributed by atoms with Crippen LogP contribution in [-0.2, 0) is 16.1 Å². The van der Waals surface area contributed by atoms with Crippen molar-refractivity contribution in [2.45, 2.75) is 39.5 Å². The lowest BCUT2D eigenvalue weighted by molar-refractivity contribution is -0.145. The Bertz CT molecular complexity index is 777. The second kappa shape index (κ2) is 7.74. The van der Waals surface area contributed by atoms with Gasteiger partial charge in [-0.05, 0) is 44.5 Å². The highest BCUT2D eigenvalue weighted by Crippen LogP contribution is 2.37. The Morgan fingerprint density at radius 3 is 2.81 bits per heavy atom. The fourth-order valence-corrected chi connectivity index (χ4v) is 3.11. The molecule has 0 radical (unpaired) electrons. The summed E-state index contributed by atoms with van der Waals surface area (Å²) >= 11 is 0. The van der Waals surface area contributed by atoms with E-state index in [9.17, 15) is 9.90 Å². The first-order valence-corrected chi connectivity index (χ1v) is 8.79. The lowest BCUT2D eigenvalue weighted by Crippen LogP contribution is -2.40. The molecule has 6 heteroatoms. The van der Waals surface area contributed by atoms with Crippen molar-refractivity contribution in [3.8, 4) is 22.6 Å². The highest BCUT2D eigenvalue weighted by atomic mass is 16.5. The Morgan fingerprint density at radius 1 is 1.31 bits per heavy atom. The van der Waals surface area contributed by atoms with E-state index in [2.05, 4.69) is 4.98 Å². The van der Waals surface area contributed by atoms with Gasteiger partial charge in [-0.15, -0.1) is 0 Å². The number of carbonyl (C=O) groups is 1. The molecule has 1 aromatic carbocycles. The maximum absolute atomic E-state index is 12.7. The standard InChI is InChI=1S/C20H24N2O4/c1-13(2)26-14(3)20(24)22-7-8-25-19-17(12-22)9-16(10-18(19)23)15-5-4-6-21-11-15/h4-6,9-11,13-14,23H,7-8,12H2,1-3H3/t14-/m1/s1. The lowest BCUT2D eigenvalue weighted by atomic mass is 10.0. The van der Waals surface area contributed by atoms with Crippen LogP contribution in [0.15, 0.2) is 36.7 Å². The van der Waals surface area contributed by atoms with E-state index in [-0.39, 0.29) is 17.8 Å². The fourth-order valence-electron chi connectivity index (χ4n) is 3.11. The summed E-state index contributed by atoms with van der Waals surface area (Å²) in [5.74, 6) is 0.425. The number of amides is 1. The molecule has 1 amide bonds. The van der Waals surface area contributed by atoms with Crippen LogP contribution in [0.4, 0.5) is 0 Å². The van der Waals surface area contributed by atoms with Crippen molar-refractivity contribution < 1.29 is 19.4 Å². The molecule has 1 aromatic heterocycles. The van der Waals surface area contributed by atoms with Gasteiger partial charge < -0.3 is 19.5 Å². The zero-order chi connectivity index (χ0) is 18.7. The molecule has 0 saturated heterocycles. The molecule has 1 aliphatic rings. The number of hydrogen-bond donors (Lipinski definition) is 1. The number of phenolic OH excluding ortho intramolecular Hbond substituents is 1. The van der Waals surface area contributed by atoms with Crippen LogP contribution in [-0.4, -0.2) is 46.3 Å². The highest BCUT2D eigenvalue weighted by Gasteiger charge is 2.26. The number of carbonyl (C=O) groups excluding carboxylic acids is 1. The smallest absolute Gasteiger partial charge is 0.251 e. The van der Waals surface area contributed by atoms with Gasteiger partial charge >= 0.3 is 0 Å². The summed E-state index contributed by atoms with van der Waals surface area (Å²) in [5.41, 5.74) is 2.49. The van der Waals surface area contributed by atoms with Crippen molar-refractivity contribution in [3.05, 3.63) is 42.2 Å². The molecule has 3 rings (SSSR count). The molecular formula is C20H24N2O4. The van der Waals surface area contributed by atoms with E-state index in [0.29, 0.717) is 25.4 Å². The van der Waals surface area contributed by atoms with Crippen molar-refractivity contribution in [3.63, 3.8) is 0 Å². The van der Waals surface area contributed by atoms with Gasteiger partial charge in [0.15, 0.2) is 11.5 Å². The molecule has 0 saturated carbocycles. The predicted molar refractivity (Wildman–Crippen MR) is 97.9 cm³/mol. The fraction of sp³-hybridized carbons (Fsp3) is 0.400. The van der Waals surface area contributed by atoms with Gasteiger partial charge in [-0.3, -0.25) is 9.78 Å². The lowest BCUT2D eigenvalue weighted by Gasteiger charge is -2.25. The number of rotatable bonds is 4. The van der Waals surface area contributed by atoms with Crippen LogP contribution in [0.1, 0.15) is 26.3 Å². The third kappa shape index (κ3) is 3.96. The minimum absolute atomic E-state index is 0.0225. The summed E-state index contributed by atoms with van der Waals surface area (Å²) in [6.07, 6.45) is 2.89. The van der Waals surface area contributed by atoms with Gasteiger partial charge in [0.25, 0.3) is 5.91 Å². The number of ether oxygens (including phenoxy) is 2. The predicted octanol–water partition coefficient (Wildman–Crippen LogP) is 2.99. The van der Waals surface area contributed by atoms with Crippen molar-refractivity contribution >= 4 is 5.91 Å². The molecule has 26 heavy (non-hydrogen) atoms. The minimum atomic E-state index is -0.522. The summed E-state index contributed by atoms with van der Waals surface area (Å²) < 4.78 is 11.3. The molecule has 0 fully saturated rings. The van der Waals surface area contributed by atoms with Gasteiger partial charge in [-0.2, -0.15) is 0 Å². The Kier molecular flexibility index (Phi) is 5.42. The number of fused-ring (bicyclic) bond motifs is 1. The molecule has 6 nitrogen and oxygen atoms in total. The SMILES string of the molecule is CC(C)O[C@H](C)C(=O)N1CCOc2c(O)cc(-c3cccnc3)cc2C1. The van der Waals surface area contributed by atoms with Crippen molar-refractivity contribution in [2.24, 2.45) is 0 Å². The normalized spacial score (nSPS) is 15.2. The van der Waals surface area contributed by atoms with E-state index in [1.54, 1.807) is 30.3 Å². The minimum Gasteiger partial charge on any atom is -0.504 e. The first-order chi connectivity index (χ1) is 12.5. The monoisotopic (exact) mass is 356 g/mol. The summed E-state index contributed by atoms with van der Waals surface area (Å²) in [6, 6.07) is 7.37. The highest BCUT2D eigenvalue weighted by molar-refractivity contribution is 5.81. The molecule has 0 spiro atoms. The first-order valence-electron chi connectivity index (χ1n) is 8.79. The van der Waals surface area contributed by atoms with E-state index in [0.717, 1.165) is 16.7 Å². The zero-order valence-electron chi connectivity index (χ0n) is 15.3. The van der Waals surface area contributed by atoms with Crippen molar-refractivity contribution in [1.82, 2.24) is 9.88 Å². The number of nitrogens with zero attached hydrogens (tertiary/aromatic N) is 2. The maximum atomic E-state index is 12.7. The summed E-state index contributed by atoms with van der Waals surface area (Å²) in [6.45, 7) is 6.71. The van der Waals surface area contributed by atoms with Gasteiger partial charge in [0.1, 0.15) is 12.7 Å². The van der Waals surface area contributed by atoms with Crippen LogP contribution in [0.5, 0.6) is 11.5 Å². The molecular weight excluding hydrogens is 332 g/mol. The molecule has 1 aliphatic heterocycles. The van der Waals surface area contributed by atoms with Gasteiger partial charge in [-0.25, -0.2) is 0 Å². The Morgan fingerprint density at radius 2 is 2.12 bits per heavy atom.